The van der Waals surface area contributed by atoms with E-state index < -0.39 is 0 Å². The molecule has 0 radical (unpaired) electrons. The number of methoxy groups -OCH3 is 2. The number of hydrogen-bond donors (Lipinski definition) is 1. The average Bonchev–Trinajstić information content (AvgIpc) is 2.82. The molecule has 0 aliphatic rings. The molecule has 92 valence electrons. The van der Waals surface area contributed by atoms with Gasteiger partial charge < -0.3 is 19.0 Å². The largest absolute Gasteiger partial charge is 0.504 e. The predicted molar refractivity (Wildman–Crippen MR) is 66.3 cm³/mol. The first kappa shape index (κ1) is 10.7. The third-order valence-corrected chi connectivity index (χ3v) is 2.86. The molecule has 0 spiro atoms. The van der Waals surface area contributed by atoms with Crippen LogP contribution in [0, 0.1) is 0 Å². The highest BCUT2D eigenvalue weighted by Gasteiger charge is 2.14. The van der Waals surface area contributed by atoms with E-state index in [9.17, 15) is 5.11 Å². The molecule has 0 bridgehead atoms. The monoisotopic (exact) mass is 245 g/mol. The van der Waals surface area contributed by atoms with E-state index in [1.165, 1.54) is 13.2 Å². The van der Waals surface area contributed by atoms with E-state index in [0.29, 0.717) is 22.7 Å². The highest BCUT2D eigenvalue weighted by Crippen LogP contribution is 2.38. The number of rotatable bonds is 2. The lowest BCUT2D eigenvalue weighted by Gasteiger charge is -2.09. The zero-order valence-electron chi connectivity index (χ0n) is 9.93. The molecule has 0 aliphatic heterocycles. The van der Waals surface area contributed by atoms with Crippen molar-refractivity contribution in [3.63, 3.8) is 0 Å². The molecule has 0 atom stereocenters. The maximum Gasteiger partial charge on any atom is 0.230 e. The van der Waals surface area contributed by atoms with Crippen LogP contribution in [0.25, 0.3) is 22.0 Å². The quantitative estimate of drug-likeness (QED) is 0.752. The smallest absolute Gasteiger partial charge is 0.230 e. The van der Waals surface area contributed by atoms with Gasteiger partial charge in [0.2, 0.25) is 5.71 Å². The first-order valence-corrected chi connectivity index (χ1v) is 5.36. The van der Waals surface area contributed by atoms with E-state index in [2.05, 4.69) is 4.98 Å². The first-order chi connectivity index (χ1) is 8.74. The SMILES string of the molecule is COc1cc2c(OC)c3ccoc3nc2cc1O. The first-order valence-electron chi connectivity index (χ1n) is 5.36. The maximum atomic E-state index is 9.76. The summed E-state index contributed by atoms with van der Waals surface area (Å²) in [4.78, 5) is 4.32. The standard InChI is InChI=1S/C13H11NO4/c1-16-11-5-8-9(6-10(11)15)14-13-7(3-4-18-13)12(8)17-2/h3-6,15H,1-2H3. The van der Waals surface area contributed by atoms with Gasteiger partial charge in [0.25, 0.3) is 0 Å². The molecule has 0 fully saturated rings. The van der Waals surface area contributed by atoms with Gasteiger partial charge in [-0.1, -0.05) is 0 Å². The maximum absolute atomic E-state index is 9.76. The van der Waals surface area contributed by atoms with Gasteiger partial charge in [-0.05, 0) is 12.1 Å². The Kier molecular flexibility index (Phi) is 2.26. The van der Waals surface area contributed by atoms with Gasteiger partial charge in [-0.15, -0.1) is 0 Å². The molecule has 5 nitrogen and oxygen atoms in total. The molecule has 18 heavy (non-hydrogen) atoms. The lowest BCUT2D eigenvalue weighted by Crippen LogP contribution is -1.91. The highest BCUT2D eigenvalue weighted by molar-refractivity contribution is 6.00. The minimum absolute atomic E-state index is 0.0328. The number of furan rings is 1. The second kappa shape index (κ2) is 3.80. The molecule has 0 saturated heterocycles. The number of nitrogens with zero attached hydrogens (tertiary/aromatic N) is 1. The number of ether oxygens (including phenoxy) is 2. The minimum Gasteiger partial charge on any atom is -0.504 e. The normalized spacial score (nSPS) is 11.0. The molecule has 2 aromatic heterocycles. The highest BCUT2D eigenvalue weighted by atomic mass is 16.5. The van der Waals surface area contributed by atoms with Crippen LogP contribution < -0.4 is 9.47 Å². The van der Waals surface area contributed by atoms with E-state index in [1.54, 1.807) is 25.5 Å². The van der Waals surface area contributed by atoms with Crippen LogP contribution in [0.15, 0.2) is 28.9 Å². The molecule has 1 N–H and O–H groups in total. The van der Waals surface area contributed by atoms with E-state index in [-0.39, 0.29) is 5.75 Å². The number of phenols is 1. The Hall–Kier alpha value is -2.43. The molecule has 0 unspecified atom stereocenters. The van der Waals surface area contributed by atoms with Crippen molar-refractivity contribution in [3.8, 4) is 17.2 Å². The van der Waals surface area contributed by atoms with Crippen LogP contribution >= 0.6 is 0 Å². The minimum atomic E-state index is 0.0328. The Morgan fingerprint density at radius 2 is 2.00 bits per heavy atom. The molecule has 0 amide bonds. The lowest BCUT2D eigenvalue weighted by molar-refractivity contribution is 0.374. The summed E-state index contributed by atoms with van der Waals surface area (Å²) in [6.07, 6.45) is 1.55. The van der Waals surface area contributed by atoms with Crippen LogP contribution in [-0.4, -0.2) is 24.3 Å². The number of phenolic OH excluding ortho intramolecular Hbond substituents is 1. The predicted octanol–water partition coefficient (Wildman–Crippen LogP) is 2.70. The van der Waals surface area contributed by atoms with E-state index in [1.807, 2.05) is 0 Å². The summed E-state index contributed by atoms with van der Waals surface area (Å²) in [5, 5.41) is 11.3. The summed E-state index contributed by atoms with van der Waals surface area (Å²) < 4.78 is 15.8. The van der Waals surface area contributed by atoms with Crippen LogP contribution in [0.4, 0.5) is 0 Å². The number of pyridine rings is 1. The van der Waals surface area contributed by atoms with Crippen LogP contribution in [0.2, 0.25) is 0 Å². The third kappa shape index (κ3) is 1.37. The molecular weight excluding hydrogens is 234 g/mol. The molecule has 3 rings (SSSR count). The third-order valence-electron chi connectivity index (χ3n) is 2.86. The second-order valence-corrected chi connectivity index (χ2v) is 3.83. The second-order valence-electron chi connectivity index (χ2n) is 3.83. The Balaban J connectivity index is 2.48. The van der Waals surface area contributed by atoms with Gasteiger partial charge in [-0.2, -0.15) is 0 Å². The summed E-state index contributed by atoms with van der Waals surface area (Å²) in [5.74, 6) is 1.07. The van der Waals surface area contributed by atoms with E-state index in [0.717, 1.165) is 10.8 Å². The van der Waals surface area contributed by atoms with Gasteiger partial charge in [0.15, 0.2) is 11.5 Å². The summed E-state index contributed by atoms with van der Waals surface area (Å²) in [6, 6.07) is 5.02. The van der Waals surface area contributed by atoms with Gasteiger partial charge in [0.1, 0.15) is 5.75 Å². The van der Waals surface area contributed by atoms with Gasteiger partial charge in [0, 0.05) is 11.5 Å². The van der Waals surface area contributed by atoms with Crippen LogP contribution in [0.5, 0.6) is 17.2 Å². The molecule has 1 aromatic carbocycles. The van der Waals surface area contributed by atoms with Crippen molar-refractivity contribution in [1.82, 2.24) is 4.98 Å². The van der Waals surface area contributed by atoms with Crippen LogP contribution in [0.1, 0.15) is 0 Å². The molecule has 5 heteroatoms. The summed E-state index contributed by atoms with van der Waals surface area (Å²) >= 11 is 0. The fraction of sp³-hybridized carbons (Fsp3) is 0.154. The molecule has 0 saturated carbocycles. The van der Waals surface area contributed by atoms with Crippen molar-refractivity contribution in [2.45, 2.75) is 0 Å². The van der Waals surface area contributed by atoms with Gasteiger partial charge in [-0.25, -0.2) is 4.98 Å². The number of aromatic nitrogens is 1. The summed E-state index contributed by atoms with van der Waals surface area (Å²) in [6.45, 7) is 0. The van der Waals surface area contributed by atoms with Crippen LogP contribution in [-0.2, 0) is 0 Å². The topological polar surface area (TPSA) is 64.7 Å². The average molecular weight is 245 g/mol. The van der Waals surface area contributed by atoms with Crippen molar-refractivity contribution in [3.05, 3.63) is 24.5 Å². The Morgan fingerprint density at radius 3 is 2.72 bits per heavy atom. The van der Waals surface area contributed by atoms with Crippen LogP contribution in [0.3, 0.4) is 0 Å². The summed E-state index contributed by atoms with van der Waals surface area (Å²) in [7, 11) is 3.08. The van der Waals surface area contributed by atoms with E-state index in [4.69, 9.17) is 13.9 Å². The van der Waals surface area contributed by atoms with Crippen molar-refractivity contribution in [2.24, 2.45) is 0 Å². The number of aromatic hydroxyl groups is 1. The molecule has 3 aromatic rings. The fourth-order valence-corrected chi connectivity index (χ4v) is 2.03. The molecule has 0 aliphatic carbocycles. The summed E-state index contributed by atoms with van der Waals surface area (Å²) in [5.41, 5.74) is 1.07. The number of fused-ring (bicyclic) bond motifs is 2. The Morgan fingerprint density at radius 1 is 1.17 bits per heavy atom. The Labute approximate surface area is 103 Å². The van der Waals surface area contributed by atoms with Gasteiger partial charge in [-0.3, -0.25) is 0 Å². The number of hydrogen-bond acceptors (Lipinski definition) is 5. The van der Waals surface area contributed by atoms with Gasteiger partial charge in [0.05, 0.1) is 31.4 Å². The van der Waals surface area contributed by atoms with Crippen molar-refractivity contribution in [2.75, 3.05) is 14.2 Å². The zero-order valence-corrected chi connectivity index (χ0v) is 9.93. The zero-order chi connectivity index (χ0) is 12.7. The van der Waals surface area contributed by atoms with Crippen molar-refractivity contribution < 1.29 is 19.0 Å². The fourth-order valence-electron chi connectivity index (χ4n) is 2.03. The number of benzene rings is 1. The van der Waals surface area contributed by atoms with E-state index >= 15 is 0 Å². The Bertz CT molecular complexity index is 733. The van der Waals surface area contributed by atoms with Gasteiger partial charge >= 0.3 is 0 Å². The lowest BCUT2D eigenvalue weighted by atomic mass is 10.1. The van der Waals surface area contributed by atoms with Crippen molar-refractivity contribution >= 4 is 22.0 Å². The molecular formula is C13H11NO4. The van der Waals surface area contributed by atoms with Crippen molar-refractivity contribution in [1.29, 1.82) is 0 Å². The molecule has 2 heterocycles.